The van der Waals surface area contributed by atoms with E-state index < -0.39 is 28.3 Å². The second-order valence-electron chi connectivity index (χ2n) is 7.24. The normalized spacial score (nSPS) is 11.1. The van der Waals surface area contributed by atoms with Gasteiger partial charge in [0.2, 0.25) is 5.91 Å². The Labute approximate surface area is 192 Å². The number of halogens is 1. The van der Waals surface area contributed by atoms with Crippen molar-refractivity contribution in [2.24, 2.45) is 0 Å². The summed E-state index contributed by atoms with van der Waals surface area (Å²) >= 11 is 0. The zero-order chi connectivity index (χ0) is 23.3. The predicted molar refractivity (Wildman–Crippen MR) is 128 cm³/mol. The maximum Gasteiger partial charge on any atom is 0.264 e. The molecule has 0 aliphatic heterocycles. The summed E-state index contributed by atoms with van der Waals surface area (Å²) in [6.07, 6.45) is 0. The van der Waals surface area contributed by atoms with Gasteiger partial charge in [0, 0.05) is 11.3 Å². The maximum atomic E-state index is 14.6. The Morgan fingerprint density at radius 1 is 0.758 bits per heavy atom. The summed E-state index contributed by atoms with van der Waals surface area (Å²) < 4.78 is 42.1. The highest BCUT2D eigenvalue weighted by atomic mass is 32.2. The summed E-state index contributed by atoms with van der Waals surface area (Å²) in [5.41, 5.74) is 2.01. The van der Waals surface area contributed by atoms with Gasteiger partial charge in [-0.3, -0.25) is 9.10 Å². The van der Waals surface area contributed by atoms with Crippen LogP contribution in [0.25, 0.3) is 11.1 Å². The molecule has 33 heavy (non-hydrogen) atoms. The van der Waals surface area contributed by atoms with Crippen LogP contribution in [0.4, 0.5) is 15.8 Å². The molecular formula is C26H21FN2O3S. The Hall–Kier alpha value is -3.97. The van der Waals surface area contributed by atoms with Crippen molar-refractivity contribution < 1.29 is 17.6 Å². The van der Waals surface area contributed by atoms with Crippen molar-refractivity contribution in [3.05, 3.63) is 115 Å². The molecule has 0 fully saturated rings. The number of carbonyl (C=O) groups excluding carboxylic acids is 1. The highest BCUT2D eigenvalue weighted by molar-refractivity contribution is 7.92. The van der Waals surface area contributed by atoms with Gasteiger partial charge in [0.25, 0.3) is 10.0 Å². The monoisotopic (exact) mass is 460 g/mol. The SMILES string of the molecule is O=C(CN(c1ccccc1F)S(=O)(=O)c1ccccc1)Nc1ccccc1-c1ccccc1. The molecule has 1 N–H and O–H groups in total. The Bertz CT molecular complexity index is 1360. The fourth-order valence-electron chi connectivity index (χ4n) is 3.46. The Kier molecular flexibility index (Phi) is 6.51. The molecule has 0 saturated heterocycles. The highest BCUT2D eigenvalue weighted by Crippen LogP contribution is 2.29. The van der Waals surface area contributed by atoms with Crippen LogP contribution in [0.1, 0.15) is 0 Å². The first-order valence-electron chi connectivity index (χ1n) is 10.2. The van der Waals surface area contributed by atoms with Crippen molar-refractivity contribution >= 4 is 27.3 Å². The Balaban J connectivity index is 1.67. The van der Waals surface area contributed by atoms with Crippen LogP contribution in [0, 0.1) is 5.82 Å². The van der Waals surface area contributed by atoms with Gasteiger partial charge in [0.1, 0.15) is 12.4 Å². The predicted octanol–water partition coefficient (Wildman–Crippen LogP) is 5.33. The summed E-state index contributed by atoms with van der Waals surface area (Å²) in [7, 11) is -4.19. The molecule has 4 aromatic carbocycles. The first-order valence-corrected chi connectivity index (χ1v) is 11.7. The highest BCUT2D eigenvalue weighted by Gasteiger charge is 2.29. The third kappa shape index (κ3) is 4.94. The Morgan fingerprint density at radius 3 is 2.03 bits per heavy atom. The van der Waals surface area contributed by atoms with Gasteiger partial charge < -0.3 is 5.32 Å². The van der Waals surface area contributed by atoms with Gasteiger partial charge in [-0.25, -0.2) is 12.8 Å². The first kappa shape index (κ1) is 22.2. The van der Waals surface area contributed by atoms with Gasteiger partial charge in [-0.15, -0.1) is 0 Å². The molecule has 0 atom stereocenters. The molecule has 0 saturated carbocycles. The molecule has 0 aliphatic carbocycles. The van der Waals surface area contributed by atoms with E-state index >= 15 is 0 Å². The second-order valence-corrected chi connectivity index (χ2v) is 9.10. The van der Waals surface area contributed by atoms with Crippen LogP contribution in [-0.2, 0) is 14.8 Å². The number of para-hydroxylation sites is 2. The molecule has 0 aromatic heterocycles. The van der Waals surface area contributed by atoms with Crippen LogP contribution >= 0.6 is 0 Å². The largest absolute Gasteiger partial charge is 0.324 e. The van der Waals surface area contributed by atoms with Crippen LogP contribution in [0.3, 0.4) is 0 Å². The molecule has 0 heterocycles. The third-order valence-corrected chi connectivity index (χ3v) is 6.80. The smallest absolute Gasteiger partial charge is 0.264 e. The van der Waals surface area contributed by atoms with E-state index in [-0.39, 0.29) is 10.6 Å². The molecule has 7 heteroatoms. The summed E-state index contributed by atoms with van der Waals surface area (Å²) in [6.45, 7) is -0.596. The van der Waals surface area contributed by atoms with Crippen LogP contribution < -0.4 is 9.62 Å². The van der Waals surface area contributed by atoms with Crippen molar-refractivity contribution in [3.63, 3.8) is 0 Å². The molecule has 4 aromatic rings. The zero-order valence-corrected chi connectivity index (χ0v) is 18.4. The lowest BCUT2D eigenvalue weighted by Gasteiger charge is -2.24. The number of hydrogen-bond donors (Lipinski definition) is 1. The molecular weight excluding hydrogens is 439 g/mol. The van der Waals surface area contributed by atoms with Gasteiger partial charge in [-0.2, -0.15) is 0 Å². The quantitative estimate of drug-likeness (QED) is 0.406. The minimum Gasteiger partial charge on any atom is -0.324 e. The number of anilines is 2. The lowest BCUT2D eigenvalue weighted by molar-refractivity contribution is -0.114. The number of hydrogen-bond acceptors (Lipinski definition) is 3. The number of nitrogens with one attached hydrogen (secondary N) is 1. The molecule has 4 rings (SSSR count). The van der Waals surface area contributed by atoms with Gasteiger partial charge in [-0.1, -0.05) is 78.9 Å². The number of nitrogens with zero attached hydrogens (tertiary/aromatic N) is 1. The standard InChI is InChI=1S/C26H21FN2O3S/c27-23-16-8-10-18-25(23)29(33(31,32)21-13-5-2-6-14-21)19-26(30)28-24-17-9-7-15-22(24)20-11-3-1-4-12-20/h1-18H,19H2,(H,28,30). The summed E-state index contributed by atoms with van der Waals surface area (Å²) in [6, 6.07) is 29.8. The molecule has 0 spiro atoms. The number of benzene rings is 4. The number of carbonyl (C=O) groups is 1. The minimum atomic E-state index is -4.19. The number of rotatable bonds is 7. The van der Waals surface area contributed by atoms with E-state index in [1.165, 1.54) is 30.3 Å². The van der Waals surface area contributed by atoms with Crippen molar-refractivity contribution in [2.45, 2.75) is 4.90 Å². The fraction of sp³-hybridized carbons (Fsp3) is 0.0385. The van der Waals surface area contributed by atoms with Crippen molar-refractivity contribution in [1.82, 2.24) is 0 Å². The lowest BCUT2D eigenvalue weighted by atomic mass is 10.0. The summed E-state index contributed by atoms with van der Waals surface area (Å²) in [5.74, 6) is -1.34. The van der Waals surface area contributed by atoms with Crippen LogP contribution in [0.5, 0.6) is 0 Å². The number of sulfonamides is 1. The molecule has 0 aliphatic rings. The lowest BCUT2D eigenvalue weighted by Crippen LogP contribution is -2.38. The molecule has 5 nitrogen and oxygen atoms in total. The van der Waals surface area contributed by atoms with Crippen LogP contribution in [0.15, 0.2) is 114 Å². The van der Waals surface area contributed by atoms with E-state index in [1.807, 2.05) is 42.5 Å². The van der Waals surface area contributed by atoms with Gasteiger partial charge in [0.15, 0.2) is 0 Å². The second kappa shape index (κ2) is 9.67. The zero-order valence-electron chi connectivity index (χ0n) is 17.6. The van der Waals surface area contributed by atoms with Crippen molar-refractivity contribution in [3.8, 4) is 11.1 Å². The van der Waals surface area contributed by atoms with E-state index in [4.69, 9.17) is 0 Å². The molecule has 0 bridgehead atoms. The van der Waals surface area contributed by atoms with Crippen LogP contribution in [0.2, 0.25) is 0 Å². The van der Waals surface area contributed by atoms with E-state index in [1.54, 1.807) is 30.3 Å². The molecule has 0 radical (unpaired) electrons. The average Bonchev–Trinajstić information content (AvgIpc) is 2.84. The summed E-state index contributed by atoms with van der Waals surface area (Å²) in [5, 5.41) is 2.78. The molecule has 0 unspecified atom stereocenters. The fourth-order valence-corrected chi connectivity index (χ4v) is 4.90. The van der Waals surface area contributed by atoms with Gasteiger partial charge in [0.05, 0.1) is 10.6 Å². The van der Waals surface area contributed by atoms with Crippen molar-refractivity contribution in [2.75, 3.05) is 16.2 Å². The van der Waals surface area contributed by atoms with Gasteiger partial charge >= 0.3 is 0 Å². The van der Waals surface area contributed by atoms with Crippen LogP contribution in [-0.4, -0.2) is 20.9 Å². The minimum absolute atomic E-state index is 0.0364. The maximum absolute atomic E-state index is 14.6. The Morgan fingerprint density at radius 2 is 1.33 bits per heavy atom. The van der Waals surface area contributed by atoms with Crippen molar-refractivity contribution in [1.29, 1.82) is 0 Å². The third-order valence-electron chi connectivity index (χ3n) is 5.03. The first-order chi connectivity index (χ1) is 16.0. The van der Waals surface area contributed by atoms with E-state index in [2.05, 4.69) is 5.32 Å². The van der Waals surface area contributed by atoms with E-state index in [9.17, 15) is 17.6 Å². The topological polar surface area (TPSA) is 66.5 Å². The number of amides is 1. The average molecular weight is 461 g/mol. The molecule has 166 valence electrons. The molecule has 1 amide bonds. The van der Waals surface area contributed by atoms with E-state index in [0.29, 0.717) is 5.69 Å². The van der Waals surface area contributed by atoms with E-state index in [0.717, 1.165) is 21.5 Å². The summed E-state index contributed by atoms with van der Waals surface area (Å²) in [4.78, 5) is 13.0. The van der Waals surface area contributed by atoms with Gasteiger partial charge in [-0.05, 0) is 35.9 Å².